The second kappa shape index (κ2) is 8.68. The van der Waals surface area contributed by atoms with Gasteiger partial charge in [0, 0.05) is 10.8 Å². The first-order chi connectivity index (χ1) is 13.9. The zero-order valence-corrected chi connectivity index (χ0v) is 16.3. The van der Waals surface area contributed by atoms with Crippen molar-refractivity contribution >= 4 is 39.6 Å². The van der Waals surface area contributed by atoms with Gasteiger partial charge >= 0.3 is 5.97 Å². The Bertz CT molecular complexity index is 1030. The highest BCUT2D eigenvalue weighted by Crippen LogP contribution is 2.26. The minimum atomic E-state index is -1.01. The fourth-order valence-electron chi connectivity index (χ4n) is 3.30. The zero-order valence-electron chi connectivity index (χ0n) is 16.3. The molecule has 3 N–H and O–H groups in total. The summed E-state index contributed by atoms with van der Waals surface area (Å²) in [6, 6.07) is 13.6. The van der Waals surface area contributed by atoms with E-state index in [0.717, 1.165) is 0 Å². The van der Waals surface area contributed by atoms with Gasteiger partial charge in [0.05, 0.1) is 29.1 Å². The van der Waals surface area contributed by atoms with Crippen LogP contribution in [0.1, 0.15) is 30.6 Å². The molecule has 1 heterocycles. The van der Waals surface area contributed by atoms with E-state index in [1.165, 1.54) is 0 Å². The van der Waals surface area contributed by atoms with E-state index < -0.39 is 29.7 Å². The van der Waals surface area contributed by atoms with Gasteiger partial charge in [-0.05, 0) is 25.5 Å². The summed E-state index contributed by atoms with van der Waals surface area (Å²) in [5, 5.41) is 4.04. The van der Waals surface area contributed by atoms with Crippen LogP contribution in [0.2, 0.25) is 0 Å². The van der Waals surface area contributed by atoms with Crippen molar-refractivity contribution in [2.24, 2.45) is 11.7 Å². The van der Waals surface area contributed by atoms with Crippen LogP contribution in [0.25, 0.3) is 21.8 Å². The maximum atomic E-state index is 13.2. The van der Waals surface area contributed by atoms with E-state index >= 15 is 0 Å². The normalized spacial score (nSPS) is 13.0. The molecule has 3 rings (SSSR count). The highest BCUT2D eigenvalue weighted by Gasteiger charge is 2.27. The molecular weight excluding hydrogens is 370 g/mol. The summed E-state index contributed by atoms with van der Waals surface area (Å²) in [4.78, 5) is 41.7. The zero-order chi connectivity index (χ0) is 21.0. The van der Waals surface area contributed by atoms with Crippen LogP contribution in [-0.4, -0.2) is 35.4 Å². The molecule has 0 saturated carbocycles. The standard InChI is InChI=1S/C22H23N3O4/c1-3-29-22(28)13(2)12-18(20(23)26)25-21(27)19-14-8-4-6-10-16(14)24-17-11-7-5-9-15(17)19/h4-11,13,18H,3,12H2,1-2H3,(H2,23,26)(H,25,27)/t13-,18+/m0/s1. The van der Waals surface area contributed by atoms with Gasteiger partial charge in [-0.1, -0.05) is 43.3 Å². The first-order valence-electron chi connectivity index (χ1n) is 9.46. The van der Waals surface area contributed by atoms with Crippen LogP contribution in [0.3, 0.4) is 0 Å². The first-order valence-corrected chi connectivity index (χ1v) is 9.46. The summed E-state index contributed by atoms with van der Waals surface area (Å²) < 4.78 is 4.98. The SMILES string of the molecule is CCOC(=O)[C@@H](C)C[C@@H](NC(=O)c1c2ccccc2nc2ccccc12)C(N)=O. The number of hydrogen-bond acceptors (Lipinski definition) is 5. The number of fused-ring (bicyclic) bond motifs is 2. The summed E-state index contributed by atoms with van der Waals surface area (Å²) in [5.74, 6) is -2.18. The Hall–Kier alpha value is -3.48. The third kappa shape index (κ3) is 4.34. The average Bonchev–Trinajstić information content (AvgIpc) is 2.71. The Kier molecular flexibility index (Phi) is 6.07. The van der Waals surface area contributed by atoms with Gasteiger partial charge in [0.25, 0.3) is 5.91 Å². The number of carbonyl (C=O) groups excluding carboxylic acids is 3. The number of amides is 2. The van der Waals surface area contributed by atoms with E-state index in [4.69, 9.17) is 10.5 Å². The highest BCUT2D eigenvalue weighted by atomic mass is 16.5. The number of pyridine rings is 1. The van der Waals surface area contributed by atoms with Crippen LogP contribution >= 0.6 is 0 Å². The van der Waals surface area contributed by atoms with E-state index in [1.807, 2.05) is 48.5 Å². The van der Waals surface area contributed by atoms with Gasteiger partial charge in [0.15, 0.2) is 0 Å². The van der Waals surface area contributed by atoms with Crippen LogP contribution in [0.4, 0.5) is 0 Å². The summed E-state index contributed by atoms with van der Waals surface area (Å²) in [7, 11) is 0. The molecule has 0 saturated heterocycles. The molecule has 3 aromatic rings. The molecule has 0 bridgehead atoms. The number of nitrogens with zero attached hydrogens (tertiary/aromatic N) is 1. The molecule has 0 aliphatic rings. The minimum Gasteiger partial charge on any atom is -0.466 e. The maximum Gasteiger partial charge on any atom is 0.308 e. The Labute approximate surface area is 168 Å². The number of para-hydroxylation sites is 2. The molecule has 7 heteroatoms. The molecule has 0 fully saturated rings. The fourth-order valence-corrected chi connectivity index (χ4v) is 3.30. The molecule has 0 spiro atoms. The van der Waals surface area contributed by atoms with Crippen molar-refractivity contribution in [2.45, 2.75) is 26.3 Å². The second-order valence-electron chi connectivity index (χ2n) is 6.84. The van der Waals surface area contributed by atoms with Crippen LogP contribution in [0.15, 0.2) is 48.5 Å². The van der Waals surface area contributed by atoms with Crippen molar-refractivity contribution in [3.8, 4) is 0 Å². The second-order valence-corrected chi connectivity index (χ2v) is 6.84. The van der Waals surface area contributed by atoms with Gasteiger partial charge in [-0.2, -0.15) is 0 Å². The first kappa shape index (κ1) is 20.3. The number of benzene rings is 2. The lowest BCUT2D eigenvalue weighted by atomic mass is 9.99. The van der Waals surface area contributed by atoms with Crippen molar-refractivity contribution in [3.63, 3.8) is 0 Å². The molecule has 0 aliphatic heterocycles. The predicted octanol–water partition coefficient (Wildman–Crippen LogP) is 2.56. The van der Waals surface area contributed by atoms with Gasteiger partial charge in [0.2, 0.25) is 5.91 Å². The molecule has 1 aromatic heterocycles. The van der Waals surface area contributed by atoms with E-state index in [-0.39, 0.29) is 13.0 Å². The summed E-state index contributed by atoms with van der Waals surface area (Å²) in [5.41, 5.74) is 7.26. The Morgan fingerprint density at radius 1 is 1.03 bits per heavy atom. The fraction of sp³-hybridized carbons (Fsp3) is 0.273. The minimum absolute atomic E-state index is 0.0564. The molecule has 0 radical (unpaired) electrons. The number of esters is 1. The Morgan fingerprint density at radius 3 is 2.10 bits per heavy atom. The van der Waals surface area contributed by atoms with Gasteiger partial charge in [0.1, 0.15) is 6.04 Å². The van der Waals surface area contributed by atoms with Gasteiger partial charge in [-0.3, -0.25) is 14.4 Å². The predicted molar refractivity (Wildman–Crippen MR) is 110 cm³/mol. The highest BCUT2D eigenvalue weighted by molar-refractivity contribution is 6.16. The molecule has 150 valence electrons. The van der Waals surface area contributed by atoms with E-state index in [0.29, 0.717) is 27.4 Å². The van der Waals surface area contributed by atoms with Gasteiger partial charge in [-0.25, -0.2) is 4.98 Å². The van der Waals surface area contributed by atoms with Crippen LogP contribution < -0.4 is 11.1 Å². The van der Waals surface area contributed by atoms with Crippen molar-refractivity contribution in [3.05, 3.63) is 54.1 Å². The van der Waals surface area contributed by atoms with E-state index in [1.54, 1.807) is 13.8 Å². The number of ether oxygens (including phenoxy) is 1. The van der Waals surface area contributed by atoms with Crippen molar-refractivity contribution in [1.82, 2.24) is 10.3 Å². The molecule has 2 amide bonds. The number of rotatable bonds is 7. The van der Waals surface area contributed by atoms with Gasteiger partial charge in [-0.15, -0.1) is 0 Å². The molecule has 2 aromatic carbocycles. The molecular formula is C22H23N3O4. The van der Waals surface area contributed by atoms with Crippen LogP contribution in [-0.2, 0) is 14.3 Å². The number of nitrogens with one attached hydrogen (secondary N) is 1. The quantitative estimate of drug-likeness (QED) is 0.473. The van der Waals surface area contributed by atoms with Crippen molar-refractivity contribution in [2.75, 3.05) is 6.61 Å². The van der Waals surface area contributed by atoms with Gasteiger partial charge < -0.3 is 15.8 Å². The third-order valence-electron chi connectivity index (χ3n) is 4.74. The van der Waals surface area contributed by atoms with Crippen molar-refractivity contribution in [1.29, 1.82) is 0 Å². The number of hydrogen-bond donors (Lipinski definition) is 2. The van der Waals surface area contributed by atoms with Crippen LogP contribution in [0, 0.1) is 5.92 Å². The lowest BCUT2D eigenvalue weighted by molar-refractivity contribution is -0.147. The number of carbonyl (C=O) groups is 3. The largest absolute Gasteiger partial charge is 0.466 e. The Morgan fingerprint density at radius 2 is 1.59 bits per heavy atom. The third-order valence-corrected chi connectivity index (χ3v) is 4.74. The summed E-state index contributed by atoms with van der Waals surface area (Å²) in [6.07, 6.45) is 0.0564. The van der Waals surface area contributed by atoms with Crippen LogP contribution in [0.5, 0.6) is 0 Å². The average molecular weight is 393 g/mol. The monoisotopic (exact) mass is 393 g/mol. The maximum absolute atomic E-state index is 13.2. The number of aromatic nitrogens is 1. The van der Waals surface area contributed by atoms with E-state index in [9.17, 15) is 14.4 Å². The topological polar surface area (TPSA) is 111 Å². The smallest absolute Gasteiger partial charge is 0.308 e. The molecule has 7 nitrogen and oxygen atoms in total. The number of primary amides is 1. The Balaban J connectivity index is 1.97. The lowest BCUT2D eigenvalue weighted by Crippen LogP contribution is -2.46. The summed E-state index contributed by atoms with van der Waals surface area (Å²) >= 11 is 0. The molecule has 29 heavy (non-hydrogen) atoms. The lowest BCUT2D eigenvalue weighted by Gasteiger charge is -2.20. The van der Waals surface area contributed by atoms with Crippen molar-refractivity contribution < 1.29 is 19.1 Å². The molecule has 2 atom stereocenters. The number of nitrogens with two attached hydrogens (primary N) is 1. The van der Waals surface area contributed by atoms with E-state index in [2.05, 4.69) is 10.3 Å². The summed E-state index contributed by atoms with van der Waals surface area (Å²) in [6.45, 7) is 3.58. The molecule has 0 aliphatic carbocycles. The molecule has 0 unspecified atom stereocenters.